The van der Waals surface area contributed by atoms with Gasteiger partial charge in [-0.3, -0.25) is 0 Å². The van der Waals surface area contributed by atoms with Gasteiger partial charge in [0.05, 0.1) is 22.4 Å². The Morgan fingerprint density at radius 2 is 0.787 bits per heavy atom. The molecule has 5 nitrogen and oxygen atoms in total. The summed E-state index contributed by atoms with van der Waals surface area (Å²) in [7, 11) is 0. The molecule has 0 saturated heterocycles. The summed E-state index contributed by atoms with van der Waals surface area (Å²) in [6.07, 6.45) is 0. The van der Waals surface area contributed by atoms with Crippen LogP contribution in [0.1, 0.15) is 0 Å². The Balaban J connectivity index is 1.02. The van der Waals surface area contributed by atoms with Gasteiger partial charge < -0.3 is 23.5 Å². The van der Waals surface area contributed by atoms with E-state index in [1.165, 1.54) is 48.0 Å². The molecule has 0 N–H and O–H groups in total. The van der Waals surface area contributed by atoms with Gasteiger partial charge in [0.2, 0.25) is 6.71 Å². The molecule has 0 fully saturated rings. The fourth-order valence-corrected chi connectivity index (χ4v) is 15.4. The molecule has 12 aromatic carbocycles. The van der Waals surface area contributed by atoms with E-state index < -0.39 is 0 Å². The van der Waals surface area contributed by atoms with E-state index in [0.717, 1.165) is 112 Å². The van der Waals surface area contributed by atoms with Crippen molar-refractivity contribution in [3.63, 3.8) is 0 Å². The van der Waals surface area contributed by atoms with Crippen molar-refractivity contribution in [1.29, 1.82) is 0 Å². The normalized spacial score (nSPS) is 13.6. The van der Waals surface area contributed by atoms with E-state index in [2.05, 4.69) is 276 Å². The topological polar surface area (TPSA) is 36.0 Å². The second-order valence-corrected chi connectivity index (χ2v) is 22.4. The first-order valence-electron chi connectivity index (χ1n) is 27.5. The summed E-state index contributed by atoms with van der Waals surface area (Å²) in [4.78, 5) is 10.2. The van der Waals surface area contributed by atoms with Crippen LogP contribution >= 0.6 is 11.8 Å². The maximum absolute atomic E-state index is 7.10. The Morgan fingerprint density at radius 3 is 1.43 bits per heavy atom. The van der Waals surface area contributed by atoms with E-state index >= 15 is 0 Å². The van der Waals surface area contributed by atoms with Gasteiger partial charge >= 0.3 is 0 Å². The van der Waals surface area contributed by atoms with Gasteiger partial charge in [-0.15, -0.1) is 0 Å². The van der Waals surface area contributed by atoms with E-state index in [1.54, 1.807) is 0 Å². The number of hydrogen-bond acceptors (Lipinski definition) is 6. The molecule has 0 unspecified atom stereocenters. The molecule has 18 rings (SSSR count). The zero-order valence-corrected chi connectivity index (χ0v) is 43.9. The minimum atomic E-state index is -0.172. The summed E-state index contributed by atoms with van der Waals surface area (Å²) in [5.74, 6) is 0. The Kier molecular flexibility index (Phi) is 9.28. The second-order valence-electron chi connectivity index (χ2n) is 21.4. The highest BCUT2D eigenvalue weighted by Gasteiger charge is 2.49. The number of furan rings is 2. The lowest BCUT2D eigenvalue weighted by molar-refractivity contribution is 0.668. The standard InChI is InChI=1S/C72H43B2N3O2S/c1-4-22-44(23-5-1)47-28-10-16-34-55(47)76-58-41-59-54(40-53(58)73-51-32-14-18-36-57(51)75(46-26-8-3-9-27-46)71-67-49-30-12-19-37-62(49)78-64(67)42-60(76)69(71)73)74-52-33-15-21-39-66(52)80-72-68-50-31-13-20-38-63(50)79-65(68)43-61(70(72)74)77(59)56-35-17-11-29-48(56)45-24-6-2-7-25-45/h1-43H. The third kappa shape index (κ3) is 6.11. The molecule has 80 heavy (non-hydrogen) atoms. The molecule has 2 aromatic heterocycles. The number of nitrogens with zero attached hydrogens (tertiary/aromatic N) is 3. The number of anilines is 9. The molecule has 0 radical (unpaired) electrons. The summed E-state index contributed by atoms with van der Waals surface area (Å²) in [5.41, 5.74) is 25.7. The van der Waals surface area contributed by atoms with Crippen molar-refractivity contribution >= 4 is 153 Å². The Labute approximate surface area is 466 Å². The van der Waals surface area contributed by atoms with Gasteiger partial charge in [-0.05, 0) is 93.0 Å². The lowest BCUT2D eigenvalue weighted by Gasteiger charge is -2.46. The zero-order chi connectivity index (χ0) is 52.2. The smallest absolute Gasteiger partial charge is 0.252 e. The van der Waals surface area contributed by atoms with Crippen molar-refractivity contribution in [3.05, 3.63) is 261 Å². The molecule has 4 aliphatic rings. The number of para-hydroxylation sites is 6. The van der Waals surface area contributed by atoms with Crippen molar-refractivity contribution in [2.24, 2.45) is 0 Å². The van der Waals surface area contributed by atoms with Gasteiger partial charge in [0, 0.05) is 83.3 Å². The van der Waals surface area contributed by atoms with E-state index in [9.17, 15) is 0 Å². The lowest BCUT2D eigenvalue weighted by Crippen LogP contribution is -2.64. The van der Waals surface area contributed by atoms with Crippen LogP contribution in [0.25, 0.3) is 66.1 Å². The van der Waals surface area contributed by atoms with Crippen LogP contribution in [0.2, 0.25) is 0 Å². The maximum Gasteiger partial charge on any atom is 0.252 e. The van der Waals surface area contributed by atoms with Crippen LogP contribution in [0.3, 0.4) is 0 Å². The SMILES string of the molecule is c1ccc(-c2ccccc2N2c3cc4c(cc3B3c5ccccc5Sc5c3c2cc2oc3ccccc3c52)B2c3ccccc3N(c3ccccc3)c3c2c(cc2oc5ccccc5c32)N4c2ccccc2-c2ccccc2)cc1. The quantitative estimate of drug-likeness (QED) is 0.160. The minimum absolute atomic E-state index is 0.109. The highest BCUT2D eigenvalue weighted by molar-refractivity contribution is 8.00. The van der Waals surface area contributed by atoms with E-state index in [1.807, 2.05) is 11.8 Å². The summed E-state index contributed by atoms with van der Waals surface area (Å²) in [5, 5.41) is 4.51. The number of fused-ring (bicyclic) bond motifs is 16. The number of hydrogen-bond donors (Lipinski definition) is 0. The van der Waals surface area contributed by atoms with Crippen LogP contribution in [0.5, 0.6) is 0 Å². The molecule has 0 bridgehead atoms. The molecular formula is C72H43B2N3O2S. The fourth-order valence-electron chi connectivity index (χ4n) is 14.1. The molecule has 0 aliphatic carbocycles. The first-order chi connectivity index (χ1) is 39.7. The number of benzene rings is 12. The summed E-state index contributed by atoms with van der Waals surface area (Å²) in [6, 6.07) is 95.8. The second kappa shape index (κ2) is 16.8. The van der Waals surface area contributed by atoms with Crippen LogP contribution in [0.4, 0.5) is 51.2 Å². The molecule has 0 atom stereocenters. The molecule has 8 heteroatoms. The van der Waals surface area contributed by atoms with Crippen LogP contribution in [-0.4, -0.2) is 13.4 Å². The van der Waals surface area contributed by atoms with Crippen LogP contribution in [-0.2, 0) is 0 Å². The van der Waals surface area contributed by atoms with Gasteiger partial charge in [-0.2, -0.15) is 0 Å². The molecule has 0 amide bonds. The molecular weight excluding hydrogens is 993 g/mol. The van der Waals surface area contributed by atoms with Crippen molar-refractivity contribution in [2.75, 3.05) is 14.7 Å². The molecule has 0 saturated carbocycles. The van der Waals surface area contributed by atoms with E-state index in [-0.39, 0.29) is 13.4 Å². The fraction of sp³-hybridized carbons (Fsp3) is 0. The molecule has 4 aliphatic heterocycles. The van der Waals surface area contributed by atoms with Crippen molar-refractivity contribution in [3.8, 4) is 22.3 Å². The molecule has 14 aromatic rings. The van der Waals surface area contributed by atoms with Crippen LogP contribution in [0, 0.1) is 0 Å². The zero-order valence-electron chi connectivity index (χ0n) is 43.0. The average Bonchev–Trinajstić information content (AvgIpc) is 3.84. The Hall–Kier alpha value is -9.88. The third-order valence-corrected chi connectivity index (χ3v) is 18.5. The van der Waals surface area contributed by atoms with Crippen molar-refractivity contribution in [1.82, 2.24) is 0 Å². The molecule has 0 spiro atoms. The molecule has 370 valence electrons. The van der Waals surface area contributed by atoms with Gasteiger partial charge in [-0.25, -0.2) is 0 Å². The van der Waals surface area contributed by atoms with E-state index in [4.69, 9.17) is 8.83 Å². The monoisotopic (exact) mass is 1040 g/mol. The van der Waals surface area contributed by atoms with Gasteiger partial charge in [0.1, 0.15) is 22.3 Å². The highest BCUT2D eigenvalue weighted by atomic mass is 32.2. The summed E-state index contributed by atoms with van der Waals surface area (Å²) >= 11 is 1.89. The van der Waals surface area contributed by atoms with Crippen LogP contribution in [0.15, 0.2) is 279 Å². The van der Waals surface area contributed by atoms with Crippen molar-refractivity contribution in [2.45, 2.75) is 9.79 Å². The average molecular weight is 1040 g/mol. The summed E-state index contributed by atoms with van der Waals surface area (Å²) < 4.78 is 14.1. The van der Waals surface area contributed by atoms with Crippen LogP contribution < -0.4 is 47.5 Å². The molecule has 6 heterocycles. The van der Waals surface area contributed by atoms with Gasteiger partial charge in [0.15, 0.2) is 0 Å². The van der Waals surface area contributed by atoms with Crippen molar-refractivity contribution < 1.29 is 8.83 Å². The Bertz CT molecular complexity index is 4920. The third-order valence-electron chi connectivity index (χ3n) is 17.3. The first-order valence-corrected chi connectivity index (χ1v) is 28.3. The van der Waals surface area contributed by atoms with E-state index in [0.29, 0.717) is 0 Å². The minimum Gasteiger partial charge on any atom is -0.456 e. The predicted molar refractivity (Wildman–Crippen MR) is 336 cm³/mol. The Morgan fingerprint density at radius 1 is 0.312 bits per heavy atom. The van der Waals surface area contributed by atoms with Gasteiger partial charge in [-0.1, -0.05) is 211 Å². The number of rotatable bonds is 5. The first kappa shape index (κ1) is 44.1. The highest BCUT2D eigenvalue weighted by Crippen LogP contribution is 2.54. The maximum atomic E-state index is 7.10. The predicted octanol–water partition coefficient (Wildman–Crippen LogP) is 15.7. The van der Waals surface area contributed by atoms with Gasteiger partial charge in [0.25, 0.3) is 6.71 Å². The summed E-state index contributed by atoms with van der Waals surface area (Å²) in [6.45, 7) is -0.282. The lowest BCUT2D eigenvalue weighted by atomic mass is 9.30. The largest absolute Gasteiger partial charge is 0.456 e.